The highest BCUT2D eigenvalue weighted by Crippen LogP contribution is 2.98. The van der Waals surface area contributed by atoms with Gasteiger partial charge in [-0.3, -0.25) is 4.90 Å². The number of hydrogen-bond donors (Lipinski definition) is 0. The molecule has 0 aromatic heterocycles. The van der Waals surface area contributed by atoms with E-state index in [4.69, 9.17) is 0 Å². The fourth-order valence-electron chi connectivity index (χ4n) is 2.08. The molecule has 0 atom stereocenters. The molecule has 0 unspecified atom stereocenters. The molecule has 1 aliphatic heterocycles. The molecule has 1 aromatic carbocycles. The topological polar surface area (TPSA) is 3.24 Å². The van der Waals surface area contributed by atoms with E-state index in [1.165, 1.54) is 0 Å². The zero-order valence-corrected chi connectivity index (χ0v) is 10.9. The molecule has 0 bridgehead atoms. The van der Waals surface area contributed by atoms with Crippen LogP contribution in [0.3, 0.4) is 0 Å². The molecule has 2 rings (SSSR count). The minimum absolute atomic E-state index is 0.125. The van der Waals surface area contributed by atoms with E-state index in [2.05, 4.69) is 0 Å². The van der Waals surface area contributed by atoms with Gasteiger partial charge in [0.15, 0.2) is 0 Å². The molecule has 0 amide bonds. The summed E-state index contributed by atoms with van der Waals surface area (Å²) in [7, 11) is -9.41. The Bertz CT molecular complexity index is 508. The third kappa shape index (κ3) is 4.83. The second kappa shape index (κ2) is 3.96. The van der Waals surface area contributed by atoms with Gasteiger partial charge in [-0.15, -0.1) is 0 Å². The monoisotopic (exact) mass is 299 g/mol. The van der Waals surface area contributed by atoms with Gasteiger partial charge < -0.3 is 0 Å². The predicted molar refractivity (Wildman–Crippen MR) is 67.7 cm³/mol. The molecule has 0 saturated carbocycles. The van der Waals surface area contributed by atoms with Gasteiger partial charge in [0.2, 0.25) is 0 Å². The van der Waals surface area contributed by atoms with Crippen LogP contribution in [0.4, 0.5) is 19.4 Å². The lowest BCUT2D eigenvalue weighted by Gasteiger charge is -2.37. The Kier molecular flexibility index (Phi) is 2.98. The summed E-state index contributed by atoms with van der Waals surface area (Å²) in [5, 5.41) is -0.861. The van der Waals surface area contributed by atoms with Crippen LogP contribution in [0.25, 0.3) is 0 Å². The van der Waals surface area contributed by atoms with Crippen molar-refractivity contribution >= 4 is 10.2 Å². The minimum Gasteiger partial charge on any atom is -0.295 e. The molecule has 0 fully saturated rings. The Morgan fingerprint density at radius 1 is 1.05 bits per heavy atom. The molecule has 0 spiro atoms. The largest absolute Gasteiger partial charge is 0.304 e. The van der Waals surface area contributed by atoms with Crippen molar-refractivity contribution in [2.45, 2.75) is 13.0 Å². The van der Waals surface area contributed by atoms with Crippen molar-refractivity contribution in [3.05, 3.63) is 46.9 Å². The number of benzene rings is 1. The summed E-state index contributed by atoms with van der Waals surface area (Å²) in [4.78, 5) is 1.71. The average molecular weight is 299 g/mol. The van der Waals surface area contributed by atoms with Crippen LogP contribution in [-0.2, 0) is 13.0 Å². The van der Waals surface area contributed by atoms with Crippen LogP contribution in [0, 0.1) is 0 Å². The van der Waals surface area contributed by atoms with Gasteiger partial charge in [0.05, 0.1) is 5.41 Å². The van der Waals surface area contributed by atoms with Crippen molar-refractivity contribution in [2.24, 2.45) is 0 Å². The zero-order chi connectivity index (χ0) is 14.2. The quantitative estimate of drug-likeness (QED) is 0.721. The molecule has 0 radical (unpaired) electrons. The van der Waals surface area contributed by atoms with Gasteiger partial charge in [-0.1, -0.05) is 49.8 Å². The summed E-state index contributed by atoms with van der Waals surface area (Å²) >= 11 is 0. The Morgan fingerprint density at radius 2 is 1.68 bits per heavy atom. The van der Waals surface area contributed by atoms with Crippen LogP contribution in [0.5, 0.6) is 0 Å². The van der Waals surface area contributed by atoms with Gasteiger partial charge in [-0.2, -0.15) is 0 Å². The summed E-state index contributed by atoms with van der Waals surface area (Å²) in [6.07, 6.45) is 1.23. The lowest BCUT2D eigenvalue weighted by Crippen LogP contribution is -2.30. The molecular weight excluding hydrogens is 285 g/mol. The molecule has 0 saturated heterocycles. The van der Waals surface area contributed by atoms with Gasteiger partial charge in [-0.25, -0.2) is 0 Å². The molecule has 7 heteroatoms. The molecule has 0 aliphatic carbocycles. The first-order chi connectivity index (χ1) is 8.52. The summed E-state index contributed by atoms with van der Waals surface area (Å²) in [6.45, 7) is 0.933. The van der Waals surface area contributed by atoms with Crippen LogP contribution < -0.4 is 0 Å². The standard InChI is InChI=1S/C12H14F5NS/c13-19(14,15,16,17)9-3-7-18-8-6-11-4-1-2-5-12(11)10-18/h1-5,9H,6-8,10H2/b9-3+. The summed E-state index contributed by atoms with van der Waals surface area (Å²) in [5.41, 5.74) is 2.20. The maximum absolute atomic E-state index is 12.1. The highest BCUT2D eigenvalue weighted by molar-refractivity contribution is 8.48. The molecule has 19 heavy (non-hydrogen) atoms. The van der Waals surface area contributed by atoms with Crippen molar-refractivity contribution in [1.82, 2.24) is 4.90 Å². The maximum atomic E-state index is 12.1. The minimum atomic E-state index is -9.41. The number of halogens is 5. The van der Waals surface area contributed by atoms with E-state index in [9.17, 15) is 19.4 Å². The van der Waals surface area contributed by atoms with Crippen LogP contribution in [0.15, 0.2) is 35.7 Å². The van der Waals surface area contributed by atoms with Gasteiger partial charge in [0, 0.05) is 19.6 Å². The zero-order valence-electron chi connectivity index (χ0n) is 10.0. The third-order valence-electron chi connectivity index (χ3n) is 2.93. The average Bonchev–Trinajstić information content (AvgIpc) is 2.25. The van der Waals surface area contributed by atoms with Crippen molar-refractivity contribution in [3.63, 3.8) is 0 Å². The molecule has 0 N–H and O–H groups in total. The van der Waals surface area contributed by atoms with Crippen molar-refractivity contribution < 1.29 is 19.4 Å². The number of rotatable bonds is 3. The molecule has 1 aliphatic rings. The van der Waals surface area contributed by atoms with E-state index in [1.807, 2.05) is 24.3 Å². The lowest BCUT2D eigenvalue weighted by molar-refractivity contribution is 0.281. The van der Waals surface area contributed by atoms with Crippen LogP contribution in [0.1, 0.15) is 11.1 Å². The summed E-state index contributed by atoms with van der Waals surface area (Å²) < 4.78 is 60.5. The number of hydrogen-bond acceptors (Lipinski definition) is 1. The Labute approximate surface area is 108 Å². The Balaban J connectivity index is 1.99. The highest BCUT2D eigenvalue weighted by atomic mass is 32.5. The Hall–Kier alpha value is -1.08. The third-order valence-corrected chi connectivity index (χ3v) is 3.63. The van der Waals surface area contributed by atoms with E-state index in [1.54, 1.807) is 4.90 Å². The summed E-state index contributed by atoms with van der Waals surface area (Å²) in [5.74, 6) is 0. The number of fused-ring (bicyclic) bond motifs is 1. The molecule has 1 heterocycles. The highest BCUT2D eigenvalue weighted by Gasteiger charge is 2.60. The van der Waals surface area contributed by atoms with Gasteiger partial charge >= 0.3 is 10.2 Å². The van der Waals surface area contributed by atoms with Crippen molar-refractivity contribution in [2.75, 3.05) is 13.1 Å². The van der Waals surface area contributed by atoms with Crippen LogP contribution in [0.2, 0.25) is 0 Å². The van der Waals surface area contributed by atoms with Gasteiger partial charge in [0.1, 0.15) is 0 Å². The SMILES string of the molecule is FS(F)(F)(F)(F)/C=C/CN1CCc2ccccc2C1. The first-order valence-electron chi connectivity index (χ1n) is 5.73. The normalized spacial score (nSPS) is 20.9. The van der Waals surface area contributed by atoms with Crippen molar-refractivity contribution in [3.8, 4) is 0 Å². The van der Waals surface area contributed by atoms with Crippen LogP contribution in [-0.4, -0.2) is 18.0 Å². The molecule has 1 aromatic rings. The van der Waals surface area contributed by atoms with Gasteiger partial charge in [-0.05, 0) is 17.5 Å². The first-order valence-corrected chi connectivity index (χ1v) is 7.75. The second-order valence-electron chi connectivity index (χ2n) is 4.65. The first kappa shape index (κ1) is 14.3. The summed E-state index contributed by atoms with van der Waals surface area (Å²) in [6, 6.07) is 7.63. The predicted octanol–water partition coefficient (Wildman–Crippen LogP) is 4.86. The molecule has 1 nitrogen and oxygen atoms in total. The smallest absolute Gasteiger partial charge is 0.295 e. The number of nitrogens with zero attached hydrogens (tertiary/aromatic N) is 1. The van der Waals surface area contributed by atoms with Crippen molar-refractivity contribution in [1.29, 1.82) is 0 Å². The van der Waals surface area contributed by atoms with E-state index >= 15 is 0 Å². The van der Waals surface area contributed by atoms with E-state index in [-0.39, 0.29) is 6.54 Å². The van der Waals surface area contributed by atoms with Crippen LogP contribution >= 0.6 is 10.2 Å². The second-order valence-corrected chi connectivity index (χ2v) is 6.98. The maximum Gasteiger partial charge on any atom is 0.304 e. The van der Waals surface area contributed by atoms with Gasteiger partial charge in [0.25, 0.3) is 0 Å². The fourth-order valence-corrected chi connectivity index (χ4v) is 2.53. The fraction of sp³-hybridized carbons (Fsp3) is 0.333. The molecule has 108 valence electrons. The van der Waals surface area contributed by atoms with E-state index < -0.39 is 15.6 Å². The molecular formula is C12H14F5NS. The van der Waals surface area contributed by atoms with E-state index in [0.29, 0.717) is 19.2 Å². The van der Waals surface area contributed by atoms with E-state index in [0.717, 1.165) is 17.5 Å². The Morgan fingerprint density at radius 3 is 2.32 bits per heavy atom. The lowest BCUT2D eigenvalue weighted by atomic mass is 10.0.